The Morgan fingerprint density at radius 2 is 2.12 bits per heavy atom. The first-order valence-corrected chi connectivity index (χ1v) is 5.42. The molecule has 0 aliphatic carbocycles. The largest absolute Gasteiger partial charge is 0.390 e. The van der Waals surface area contributed by atoms with Crippen molar-refractivity contribution in [3.05, 3.63) is 29.3 Å². The number of nitrogens with one attached hydrogen (secondary N) is 1. The van der Waals surface area contributed by atoms with Crippen molar-refractivity contribution in [1.29, 1.82) is 0 Å². The lowest BCUT2D eigenvalue weighted by Gasteiger charge is -2.13. The molecule has 1 aromatic carbocycles. The maximum absolute atomic E-state index is 12.2. The predicted molar refractivity (Wildman–Crippen MR) is 58.0 cm³/mol. The van der Waals surface area contributed by atoms with Crippen molar-refractivity contribution in [1.82, 2.24) is 0 Å². The Morgan fingerprint density at radius 1 is 1.41 bits per heavy atom. The molecule has 1 atom stereocenters. The first-order valence-electron chi connectivity index (χ1n) is 4.98. The van der Waals surface area contributed by atoms with Crippen LogP contribution in [0.1, 0.15) is 22.9 Å². The summed E-state index contributed by atoms with van der Waals surface area (Å²) in [6.45, 7) is 0. The molecule has 0 saturated heterocycles. The van der Waals surface area contributed by atoms with Crippen LogP contribution in [-0.4, -0.2) is 12.1 Å². The molecule has 0 aromatic heterocycles. The van der Waals surface area contributed by atoms with Gasteiger partial charge in [-0.25, -0.2) is 0 Å². The summed E-state index contributed by atoms with van der Waals surface area (Å²) in [6.07, 6.45) is -5.17. The lowest BCUT2D eigenvalue weighted by Crippen LogP contribution is -2.10. The van der Waals surface area contributed by atoms with Crippen LogP contribution in [0.4, 0.5) is 18.9 Å². The standard InChI is InChI=1S/C11H9ClF3NO/c12-8(5-11(13,14)15)6-1-2-9-7(3-6)4-10(17)16-9/h1-3,8H,4-5H2,(H,16,17). The molecule has 1 aromatic rings. The molecule has 1 amide bonds. The Bertz CT molecular complexity index is 459. The molecule has 2 nitrogen and oxygen atoms in total. The molecule has 1 N–H and O–H groups in total. The van der Waals surface area contributed by atoms with Crippen LogP contribution < -0.4 is 5.32 Å². The molecular formula is C11H9ClF3NO. The molecule has 1 unspecified atom stereocenters. The molecule has 1 aliphatic heterocycles. The van der Waals surface area contributed by atoms with Gasteiger partial charge in [0.05, 0.1) is 18.2 Å². The van der Waals surface area contributed by atoms with Crippen molar-refractivity contribution in [3.8, 4) is 0 Å². The third-order valence-electron chi connectivity index (χ3n) is 2.53. The molecular weight excluding hydrogens is 255 g/mol. The van der Waals surface area contributed by atoms with Crippen molar-refractivity contribution < 1.29 is 18.0 Å². The van der Waals surface area contributed by atoms with Crippen molar-refractivity contribution in [2.75, 3.05) is 5.32 Å². The number of rotatable bonds is 2. The van der Waals surface area contributed by atoms with Gasteiger partial charge in [-0.15, -0.1) is 11.6 Å². The smallest absolute Gasteiger partial charge is 0.326 e. The number of alkyl halides is 4. The molecule has 1 heterocycles. The Hall–Kier alpha value is -1.23. The number of fused-ring (bicyclic) bond motifs is 1. The van der Waals surface area contributed by atoms with Gasteiger partial charge in [0.2, 0.25) is 5.91 Å². The number of benzene rings is 1. The summed E-state index contributed by atoms with van der Waals surface area (Å²) in [6, 6.07) is 4.64. The number of hydrogen-bond donors (Lipinski definition) is 1. The van der Waals surface area contributed by atoms with Crippen LogP contribution in [0.25, 0.3) is 0 Å². The van der Waals surface area contributed by atoms with Crippen molar-refractivity contribution in [2.45, 2.75) is 24.4 Å². The first kappa shape index (κ1) is 12.2. The van der Waals surface area contributed by atoms with Gasteiger partial charge in [-0.1, -0.05) is 12.1 Å². The van der Waals surface area contributed by atoms with E-state index in [0.29, 0.717) is 16.8 Å². The zero-order valence-corrected chi connectivity index (χ0v) is 9.40. The molecule has 2 rings (SSSR count). The molecule has 17 heavy (non-hydrogen) atoms. The Labute approximate surface area is 101 Å². The van der Waals surface area contributed by atoms with Crippen LogP contribution in [-0.2, 0) is 11.2 Å². The minimum absolute atomic E-state index is 0.154. The summed E-state index contributed by atoms with van der Waals surface area (Å²) >= 11 is 5.70. The average Bonchev–Trinajstić information content (AvgIpc) is 2.53. The quantitative estimate of drug-likeness (QED) is 0.814. The maximum atomic E-state index is 12.2. The molecule has 0 bridgehead atoms. The van der Waals surface area contributed by atoms with E-state index in [0.717, 1.165) is 0 Å². The molecule has 0 saturated carbocycles. The van der Waals surface area contributed by atoms with Crippen LogP contribution >= 0.6 is 11.6 Å². The highest BCUT2D eigenvalue weighted by molar-refractivity contribution is 6.20. The molecule has 92 valence electrons. The number of halogens is 4. The van der Waals surface area contributed by atoms with Crippen LogP contribution in [0.5, 0.6) is 0 Å². The van der Waals surface area contributed by atoms with E-state index in [1.807, 2.05) is 0 Å². The molecule has 0 radical (unpaired) electrons. The number of carbonyl (C=O) groups is 1. The SMILES string of the molecule is O=C1Cc2cc(C(Cl)CC(F)(F)F)ccc2N1. The molecule has 0 spiro atoms. The van der Waals surface area contributed by atoms with Crippen LogP contribution in [0, 0.1) is 0 Å². The van der Waals surface area contributed by atoms with Crippen molar-refractivity contribution >= 4 is 23.2 Å². The zero-order chi connectivity index (χ0) is 12.6. The van der Waals surface area contributed by atoms with E-state index >= 15 is 0 Å². The fraction of sp³-hybridized carbons (Fsp3) is 0.364. The number of hydrogen-bond acceptors (Lipinski definition) is 1. The van der Waals surface area contributed by atoms with E-state index in [4.69, 9.17) is 11.6 Å². The third kappa shape index (κ3) is 2.91. The lowest BCUT2D eigenvalue weighted by molar-refractivity contribution is -0.134. The van der Waals surface area contributed by atoms with Crippen LogP contribution in [0.15, 0.2) is 18.2 Å². The summed E-state index contributed by atoms with van der Waals surface area (Å²) in [5.41, 5.74) is 1.73. The first-order chi connectivity index (χ1) is 7.85. The second-order valence-electron chi connectivity index (χ2n) is 3.93. The highest BCUT2D eigenvalue weighted by Gasteiger charge is 2.32. The average molecular weight is 264 g/mol. The third-order valence-corrected chi connectivity index (χ3v) is 2.93. The summed E-state index contributed by atoms with van der Waals surface area (Å²) in [5, 5.41) is 1.49. The van der Waals surface area contributed by atoms with Crippen molar-refractivity contribution in [3.63, 3.8) is 0 Å². The van der Waals surface area contributed by atoms with Gasteiger partial charge in [-0.2, -0.15) is 13.2 Å². The summed E-state index contributed by atoms with van der Waals surface area (Å²) in [7, 11) is 0. The maximum Gasteiger partial charge on any atom is 0.390 e. The number of amides is 1. The highest BCUT2D eigenvalue weighted by atomic mass is 35.5. The Morgan fingerprint density at radius 3 is 2.76 bits per heavy atom. The zero-order valence-electron chi connectivity index (χ0n) is 8.64. The topological polar surface area (TPSA) is 29.1 Å². The van der Waals surface area contributed by atoms with Crippen LogP contribution in [0.2, 0.25) is 0 Å². The molecule has 6 heteroatoms. The second-order valence-corrected chi connectivity index (χ2v) is 4.46. The fourth-order valence-corrected chi connectivity index (χ4v) is 2.08. The van der Waals surface area contributed by atoms with Gasteiger partial charge in [0, 0.05) is 5.69 Å². The molecule has 1 aliphatic rings. The minimum Gasteiger partial charge on any atom is -0.326 e. The van der Waals surface area contributed by atoms with Gasteiger partial charge < -0.3 is 5.32 Å². The summed E-state index contributed by atoms with van der Waals surface area (Å²) < 4.78 is 36.5. The fourth-order valence-electron chi connectivity index (χ4n) is 1.77. The number of anilines is 1. The lowest BCUT2D eigenvalue weighted by atomic mass is 10.0. The van der Waals surface area contributed by atoms with Gasteiger partial charge in [0.25, 0.3) is 0 Å². The van der Waals surface area contributed by atoms with Gasteiger partial charge >= 0.3 is 6.18 Å². The van der Waals surface area contributed by atoms with E-state index in [9.17, 15) is 18.0 Å². The Kier molecular flexibility index (Phi) is 3.03. The normalized spacial score (nSPS) is 16.6. The minimum atomic E-state index is -4.29. The van der Waals surface area contributed by atoms with E-state index in [-0.39, 0.29) is 12.3 Å². The summed E-state index contributed by atoms with van der Waals surface area (Å²) in [5.74, 6) is -0.154. The van der Waals surface area contributed by atoms with E-state index in [1.54, 1.807) is 12.1 Å². The van der Waals surface area contributed by atoms with Crippen molar-refractivity contribution in [2.24, 2.45) is 0 Å². The molecule has 0 fully saturated rings. The summed E-state index contributed by atoms with van der Waals surface area (Å²) in [4.78, 5) is 11.1. The van der Waals surface area contributed by atoms with E-state index in [2.05, 4.69) is 5.32 Å². The predicted octanol–water partition coefficient (Wildman–Crippen LogP) is 3.41. The van der Waals surface area contributed by atoms with Gasteiger partial charge in [-0.3, -0.25) is 4.79 Å². The van der Waals surface area contributed by atoms with Gasteiger partial charge in [0.15, 0.2) is 0 Å². The van der Waals surface area contributed by atoms with E-state index in [1.165, 1.54) is 6.07 Å². The van der Waals surface area contributed by atoms with E-state index < -0.39 is 18.0 Å². The van der Waals surface area contributed by atoms with Gasteiger partial charge in [-0.05, 0) is 17.2 Å². The highest BCUT2D eigenvalue weighted by Crippen LogP contribution is 2.36. The van der Waals surface area contributed by atoms with Gasteiger partial charge in [0.1, 0.15) is 0 Å². The monoisotopic (exact) mass is 263 g/mol. The van der Waals surface area contributed by atoms with Crippen LogP contribution in [0.3, 0.4) is 0 Å². The number of carbonyl (C=O) groups excluding carboxylic acids is 1. The Balaban J connectivity index is 2.18. The second kappa shape index (κ2) is 4.22.